The first-order valence-electron chi connectivity index (χ1n) is 10.6. The number of esters is 1. The average Bonchev–Trinajstić information content (AvgIpc) is 2.94. The lowest BCUT2D eigenvalue weighted by Crippen LogP contribution is -2.59. The molecule has 0 aromatic rings. The smallest absolute Gasteiger partial charge is 0.303 e. The maximum atomic E-state index is 12.7. The van der Waals surface area contributed by atoms with Crippen molar-refractivity contribution >= 4 is 23.8 Å². The number of ketones is 2. The van der Waals surface area contributed by atoms with Gasteiger partial charge in [-0.2, -0.15) is 0 Å². The van der Waals surface area contributed by atoms with Crippen molar-refractivity contribution < 1.29 is 23.9 Å². The molecule has 0 unspecified atom stereocenters. The van der Waals surface area contributed by atoms with Gasteiger partial charge >= 0.3 is 5.97 Å². The van der Waals surface area contributed by atoms with E-state index in [1.165, 1.54) is 6.92 Å². The van der Waals surface area contributed by atoms with Gasteiger partial charge in [0.2, 0.25) is 0 Å². The highest BCUT2D eigenvalue weighted by molar-refractivity contribution is 5.93. The van der Waals surface area contributed by atoms with Gasteiger partial charge < -0.3 is 9.53 Å². The summed E-state index contributed by atoms with van der Waals surface area (Å²) in [6.07, 6.45) is 8.64. The molecule has 0 aromatic carbocycles. The number of carbonyl (C=O) groups excluding carboxylic acids is 4. The quantitative estimate of drug-likeness (QED) is 0.547. The van der Waals surface area contributed by atoms with Gasteiger partial charge in [0, 0.05) is 18.8 Å². The van der Waals surface area contributed by atoms with E-state index in [0.717, 1.165) is 44.0 Å². The summed E-state index contributed by atoms with van der Waals surface area (Å²) in [7, 11) is 0. The summed E-state index contributed by atoms with van der Waals surface area (Å²) in [4.78, 5) is 48.9. The second-order valence-electron chi connectivity index (χ2n) is 9.68. The summed E-state index contributed by atoms with van der Waals surface area (Å²) >= 11 is 0. The SMILES string of the molecule is CC(=O)O[C@]1(C(C)=O)CC[C@H]2[C@@H]3CCC4=CC(=O)CC[C@]4(C=O)[C@H]3CC[C@@]21C. The number of ether oxygens (including phenoxy) is 1. The second-order valence-corrected chi connectivity index (χ2v) is 9.68. The van der Waals surface area contributed by atoms with Gasteiger partial charge in [-0.15, -0.1) is 0 Å². The predicted octanol–water partition coefficient (Wildman–Crippen LogP) is 3.59. The fraction of sp³-hybridized carbons (Fsp3) is 0.739. The number of rotatable bonds is 3. The lowest BCUT2D eigenvalue weighted by Gasteiger charge is -2.58. The van der Waals surface area contributed by atoms with Crippen LogP contribution in [0.1, 0.15) is 72.1 Å². The Labute approximate surface area is 166 Å². The highest BCUT2D eigenvalue weighted by atomic mass is 16.6. The van der Waals surface area contributed by atoms with E-state index in [9.17, 15) is 19.2 Å². The summed E-state index contributed by atoms with van der Waals surface area (Å²) in [5.74, 6) is 0.477. The third kappa shape index (κ3) is 2.37. The van der Waals surface area contributed by atoms with E-state index in [1.54, 1.807) is 13.0 Å². The summed E-state index contributed by atoms with van der Waals surface area (Å²) in [6.45, 7) is 5.05. The van der Waals surface area contributed by atoms with Gasteiger partial charge in [-0.3, -0.25) is 14.4 Å². The average molecular weight is 386 g/mol. The number of Topliss-reactive ketones (excluding diaryl/α,β-unsaturated/α-hetero) is 1. The standard InChI is InChI=1S/C23H30O5/c1-14(25)23(28-15(2)26)11-8-19-18-5-4-16-12-17(27)6-10-22(16,13-24)20(18)7-9-21(19,23)3/h12-13,18-20H,4-11H2,1-3H3/t18-,19-,20-,21-,22+,23-/m0/s1. The molecule has 0 amide bonds. The molecular weight excluding hydrogens is 356 g/mol. The first-order valence-corrected chi connectivity index (χ1v) is 10.6. The third-order valence-electron chi connectivity index (χ3n) is 8.78. The Balaban J connectivity index is 1.73. The van der Waals surface area contributed by atoms with Crippen molar-refractivity contribution in [2.24, 2.45) is 28.6 Å². The van der Waals surface area contributed by atoms with Crippen LogP contribution in [0.2, 0.25) is 0 Å². The molecule has 152 valence electrons. The molecule has 0 heterocycles. The Hall–Kier alpha value is -1.78. The van der Waals surface area contributed by atoms with Crippen LogP contribution in [-0.4, -0.2) is 29.4 Å². The summed E-state index contributed by atoms with van der Waals surface area (Å²) in [6, 6.07) is 0. The Morgan fingerprint density at radius 3 is 2.43 bits per heavy atom. The number of fused-ring (bicyclic) bond motifs is 5. The van der Waals surface area contributed by atoms with E-state index in [0.29, 0.717) is 25.2 Å². The van der Waals surface area contributed by atoms with Crippen LogP contribution >= 0.6 is 0 Å². The normalized spacial score (nSPS) is 44.6. The minimum atomic E-state index is -1.04. The van der Waals surface area contributed by atoms with Gasteiger partial charge in [-0.1, -0.05) is 12.5 Å². The molecule has 4 aliphatic carbocycles. The Morgan fingerprint density at radius 1 is 1.07 bits per heavy atom. The number of hydrogen-bond acceptors (Lipinski definition) is 5. The monoisotopic (exact) mass is 386 g/mol. The molecule has 5 heteroatoms. The van der Waals surface area contributed by atoms with Crippen LogP contribution in [0.25, 0.3) is 0 Å². The van der Waals surface area contributed by atoms with Crippen LogP contribution < -0.4 is 0 Å². The highest BCUT2D eigenvalue weighted by Gasteiger charge is 2.68. The van der Waals surface area contributed by atoms with Crippen molar-refractivity contribution in [3.8, 4) is 0 Å². The van der Waals surface area contributed by atoms with Gasteiger partial charge in [0.05, 0.1) is 5.41 Å². The lowest BCUT2D eigenvalue weighted by atomic mass is 9.46. The van der Waals surface area contributed by atoms with Crippen molar-refractivity contribution in [2.75, 3.05) is 0 Å². The van der Waals surface area contributed by atoms with Crippen molar-refractivity contribution in [1.29, 1.82) is 0 Å². The molecule has 0 aromatic heterocycles. The van der Waals surface area contributed by atoms with E-state index in [1.807, 2.05) is 0 Å². The number of aldehydes is 1. The van der Waals surface area contributed by atoms with Gasteiger partial charge in [-0.05, 0) is 75.7 Å². The number of hydrogen-bond donors (Lipinski definition) is 0. The van der Waals surface area contributed by atoms with Crippen molar-refractivity contribution in [3.63, 3.8) is 0 Å². The number of allylic oxidation sites excluding steroid dienone is 1. The molecule has 0 saturated heterocycles. The van der Waals surface area contributed by atoms with Crippen LogP contribution in [0.3, 0.4) is 0 Å². The largest absolute Gasteiger partial charge is 0.451 e. The molecule has 0 bridgehead atoms. The maximum Gasteiger partial charge on any atom is 0.303 e. The summed E-state index contributed by atoms with van der Waals surface area (Å²) in [5, 5.41) is 0. The zero-order chi connectivity index (χ0) is 20.3. The first-order chi connectivity index (χ1) is 13.2. The Morgan fingerprint density at radius 2 is 1.79 bits per heavy atom. The second kappa shape index (κ2) is 6.36. The van der Waals surface area contributed by atoms with E-state index in [4.69, 9.17) is 4.74 Å². The van der Waals surface area contributed by atoms with Crippen LogP contribution in [0.15, 0.2) is 11.6 Å². The van der Waals surface area contributed by atoms with Crippen LogP contribution in [-0.2, 0) is 23.9 Å². The van der Waals surface area contributed by atoms with E-state index in [2.05, 4.69) is 6.92 Å². The summed E-state index contributed by atoms with van der Waals surface area (Å²) < 4.78 is 5.77. The fourth-order valence-corrected chi connectivity index (χ4v) is 7.56. The van der Waals surface area contributed by atoms with Crippen molar-refractivity contribution in [1.82, 2.24) is 0 Å². The first kappa shape index (κ1) is 19.5. The molecule has 0 radical (unpaired) electrons. The molecule has 0 N–H and O–H groups in total. The van der Waals surface area contributed by atoms with Crippen LogP contribution in [0, 0.1) is 28.6 Å². The molecule has 4 aliphatic rings. The van der Waals surface area contributed by atoms with Crippen molar-refractivity contribution in [3.05, 3.63) is 11.6 Å². The van der Waals surface area contributed by atoms with Crippen LogP contribution in [0.4, 0.5) is 0 Å². The zero-order valence-corrected chi connectivity index (χ0v) is 17.1. The molecule has 3 fully saturated rings. The molecule has 5 nitrogen and oxygen atoms in total. The molecule has 4 rings (SSSR count). The maximum absolute atomic E-state index is 12.7. The minimum Gasteiger partial charge on any atom is -0.451 e. The zero-order valence-electron chi connectivity index (χ0n) is 17.1. The van der Waals surface area contributed by atoms with Crippen molar-refractivity contribution in [2.45, 2.75) is 77.7 Å². The summed E-state index contributed by atoms with van der Waals surface area (Å²) in [5.41, 5.74) is -0.913. The fourth-order valence-electron chi connectivity index (χ4n) is 7.56. The molecule has 28 heavy (non-hydrogen) atoms. The molecule has 3 saturated carbocycles. The van der Waals surface area contributed by atoms with Crippen LogP contribution in [0.5, 0.6) is 0 Å². The van der Waals surface area contributed by atoms with E-state index >= 15 is 0 Å². The molecular formula is C23H30O5. The molecule has 6 atom stereocenters. The lowest BCUT2D eigenvalue weighted by molar-refractivity contribution is -0.187. The highest BCUT2D eigenvalue weighted by Crippen LogP contribution is 2.68. The Kier molecular flexibility index (Phi) is 4.44. The predicted molar refractivity (Wildman–Crippen MR) is 102 cm³/mol. The Bertz CT molecular complexity index is 782. The van der Waals surface area contributed by atoms with Gasteiger partial charge in [0.25, 0.3) is 0 Å². The van der Waals surface area contributed by atoms with Gasteiger partial charge in [-0.25, -0.2) is 0 Å². The van der Waals surface area contributed by atoms with E-state index < -0.39 is 17.0 Å². The molecule has 0 aliphatic heterocycles. The molecule has 0 spiro atoms. The van der Waals surface area contributed by atoms with Gasteiger partial charge in [0.1, 0.15) is 6.29 Å². The minimum absolute atomic E-state index is 0.0593. The topological polar surface area (TPSA) is 77.5 Å². The third-order valence-corrected chi connectivity index (χ3v) is 8.78. The number of carbonyl (C=O) groups is 4. The van der Waals surface area contributed by atoms with Gasteiger partial charge in [0.15, 0.2) is 17.2 Å². The van der Waals surface area contributed by atoms with E-state index in [-0.39, 0.29) is 28.8 Å².